The van der Waals surface area contributed by atoms with E-state index in [1.54, 1.807) is 0 Å². The van der Waals surface area contributed by atoms with Crippen LogP contribution in [0, 0.1) is 0 Å². The molecule has 1 atom stereocenters. The number of likely N-dealkylation sites (tertiary alicyclic amines) is 1. The van der Waals surface area contributed by atoms with E-state index in [0.717, 1.165) is 11.6 Å². The molecule has 1 heterocycles. The molecule has 0 aliphatic carbocycles. The number of nitrogens with zero attached hydrogens (tertiary/aromatic N) is 1. The molecular formula is C19H19NO5. The van der Waals surface area contributed by atoms with Crippen molar-refractivity contribution in [2.24, 2.45) is 0 Å². The average Bonchev–Trinajstić information content (AvgIpc) is 3.10. The van der Waals surface area contributed by atoms with Crippen molar-refractivity contribution in [2.45, 2.75) is 25.5 Å². The molecule has 2 aromatic carbocycles. The van der Waals surface area contributed by atoms with Gasteiger partial charge in [-0.25, -0.2) is 4.79 Å². The molecule has 3 rings (SSSR count). The number of esters is 1. The predicted octanol–water partition coefficient (Wildman–Crippen LogP) is 2.45. The molecule has 0 aromatic heterocycles. The van der Waals surface area contributed by atoms with E-state index in [2.05, 4.69) is 0 Å². The van der Waals surface area contributed by atoms with Crippen LogP contribution in [0.1, 0.15) is 28.8 Å². The zero-order valence-corrected chi connectivity index (χ0v) is 13.6. The van der Waals surface area contributed by atoms with Crippen LogP contribution in [0.25, 0.3) is 0 Å². The lowest BCUT2D eigenvalue weighted by molar-refractivity contribution is -0.149. The topological polar surface area (TPSA) is 87.1 Å². The maximum absolute atomic E-state index is 12.6. The predicted molar refractivity (Wildman–Crippen MR) is 90.1 cm³/mol. The summed E-state index contributed by atoms with van der Waals surface area (Å²) in [5.41, 5.74) is 0.934. The van der Waals surface area contributed by atoms with Crippen LogP contribution in [0.15, 0.2) is 48.5 Å². The molecule has 1 fully saturated rings. The van der Waals surface area contributed by atoms with Crippen molar-refractivity contribution < 1.29 is 24.5 Å². The van der Waals surface area contributed by atoms with Crippen molar-refractivity contribution in [3.63, 3.8) is 0 Å². The number of carbonyl (C=O) groups is 2. The highest BCUT2D eigenvalue weighted by atomic mass is 16.5. The van der Waals surface area contributed by atoms with E-state index in [1.165, 1.54) is 17.0 Å². The number of aromatic hydroxyl groups is 2. The summed E-state index contributed by atoms with van der Waals surface area (Å²) in [6, 6.07) is 12.4. The number of benzene rings is 2. The lowest BCUT2D eigenvalue weighted by atomic mass is 10.1. The minimum atomic E-state index is -0.663. The highest BCUT2D eigenvalue weighted by molar-refractivity contribution is 5.99. The number of phenolic OH excluding ortho intramolecular Hbond substituents is 2. The Morgan fingerprint density at radius 3 is 2.60 bits per heavy atom. The van der Waals surface area contributed by atoms with Crippen LogP contribution >= 0.6 is 0 Å². The Morgan fingerprint density at radius 2 is 1.88 bits per heavy atom. The van der Waals surface area contributed by atoms with Crippen LogP contribution in [0.3, 0.4) is 0 Å². The van der Waals surface area contributed by atoms with E-state index < -0.39 is 17.9 Å². The van der Waals surface area contributed by atoms with E-state index in [4.69, 9.17) is 4.74 Å². The zero-order valence-electron chi connectivity index (χ0n) is 13.6. The molecule has 0 radical (unpaired) electrons. The summed E-state index contributed by atoms with van der Waals surface area (Å²) in [5.74, 6) is -1.34. The molecule has 1 amide bonds. The van der Waals surface area contributed by atoms with Crippen LogP contribution < -0.4 is 0 Å². The largest absolute Gasteiger partial charge is 0.508 e. The maximum Gasteiger partial charge on any atom is 0.329 e. The number of phenols is 2. The summed E-state index contributed by atoms with van der Waals surface area (Å²) in [4.78, 5) is 26.4. The van der Waals surface area contributed by atoms with E-state index in [-0.39, 0.29) is 23.7 Å². The standard InChI is InChI=1S/C19H19NO5/c21-14-8-9-15(17(22)11-14)18(23)20-10-4-7-16(20)19(24)25-12-13-5-2-1-3-6-13/h1-3,5-6,8-9,11,16,21-22H,4,7,10,12H2/t16-/m1/s1. The van der Waals surface area contributed by atoms with Crippen LogP contribution in [-0.4, -0.2) is 39.6 Å². The molecule has 0 bridgehead atoms. The van der Waals surface area contributed by atoms with Gasteiger partial charge in [0.05, 0.1) is 5.56 Å². The first-order valence-corrected chi connectivity index (χ1v) is 8.10. The molecule has 130 valence electrons. The zero-order chi connectivity index (χ0) is 17.8. The molecule has 0 unspecified atom stereocenters. The van der Waals surface area contributed by atoms with Crippen molar-refractivity contribution in [2.75, 3.05) is 6.54 Å². The fourth-order valence-corrected chi connectivity index (χ4v) is 2.94. The van der Waals surface area contributed by atoms with Gasteiger partial charge in [0.15, 0.2) is 0 Å². The lowest BCUT2D eigenvalue weighted by Gasteiger charge is -2.23. The van der Waals surface area contributed by atoms with E-state index in [1.807, 2.05) is 30.3 Å². The van der Waals surface area contributed by atoms with Crippen molar-refractivity contribution >= 4 is 11.9 Å². The molecule has 1 saturated heterocycles. The average molecular weight is 341 g/mol. The van der Waals surface area contributed by atoms with Crippen LogP contribution in [0.5, 0.6) is 11.5 Å². The van der Waals surface area contributed by atoms with Gasteiger partial charge in [-0.2, -0.15) is 0 Å². The van der Waals surface area contributed by atoms with Gasteiger partial charge in [-0.15, -0.1) is 0 Å². The molecule has 25 heavy (non-hydrogen) atoms. The molecule has 2 N–H and O–H groups in total. The van der Waals surface area contributed by atoms with Gasteiger partial charge in [0.2, 0.25) is 0 Å². The fraction of sp³-hybridized carbons (Fsp3) is 0.263. The second-order valence-corrected chi connectivity index (χ2v) is 5.95. The first-order chi connectivity index (χ1) is 12.1. The summed E-state index contributed by atoms with van der Waals surface area (Å²) < 4.78 is 5.34. The maximum atomic E-state index is 12.6. The van der Waals surface area contributed by atoms with Crippen LogP contribution in [0.4, 0.5) is 0 Å². The molecule has 6 heteroatoms. The number of rotatable bonds is 4. The van der Waals surface area contributed by atoms with Gasteiger partial charge in [0, 0.05) is 12.6 Å². The number of amides is 1. The number of carbonyl (C=O) groups excluding carboxylic acids is 2. The number of hydrogen-bond acceptors (Lipinski definition) is 5. The Labute approximate surface area is 145 Å². The third-order valence-electron chi connectivity index (χ3n) is 4.22. The highest BCUT2D eigenvalue weighted by Crippen LogP contribution is 2.27. The van der Waals surface area contributed by atoms with Crippen molar-refractivity contribution in [1.82, 2.24) is 4.90 Å². The Kier molecular flexibility index (Phi) is 4.88. The van der Waals surface area contributed by atoms with Gasteiger partial charge in [0.25, 0.3) is 5.91 Å². The van der Waals surface area contributed by atoms with Gasteiger partial charge >= 0.3 is 5.97 Å². The van der Waals surface area contributed by atoms with E-state index in [9.17, 15) is 19.8 Å². The third-order valence-corrected chi connectivity index (χ3v) is 4.22. The van der Waals surface area contributed by atoms with Crippen LogP contribution in [0.2, 0.25) is 0 Å². The van der Waals surface area contributed by atoms with Crippen molar-refractivity contribution in [3.8, 4) is 11.5 Å². The summed E-state index contributed by atoms with van der Waals surface area (Å²) in [5, 5.41) is 19.2. The Balaban J connectivity index is 1.69. The summed E-state index contributed by atoms with van der Waals surface area (Å²) in [6.45, 7) is 0.576. The Bertz CT molecular complexity index is 775. The van der Waals surface area contributed by atoms with Crippen LogP contribution in [-0.2, 0) is 16.1 Å². The summed E-state index contributed by atoms with van der Waals surface area (Å²) in [7, 11) is 0. The molecule has 6 nitrogen and oxygen atoms in total. The third kappa shape index (κ3) is 3.74. The van der Waals surface area contributed by atoms with Gasteiger partial charge in [-0.3, -0.25) is 4.79 Å². The quantitative estimate of drug-likeness (QED) is 0.834. The second kappa shape index (κ2) is 7.25. The monoisotopic (exact) mass is 341 g/mol. The van der Waals surface area contributed by atoms with Gasteiger partial charge in [0.1, 0.15) is 24.1 Å². The Hall–Kier alpha value is -3.02. The molecular weight excluding hydrogens is 322 g/mol. The van der Waals surface area contributed by atoms with Crippen molar-refractivity contribution in [3.05, 3.63) is 59.7 Å². The SMILES string of the molecule is O=C(OCc1ccccc1)[C@H]1CCCN1C(=O)c1ccc(O)cc1O. The van der Waals surface area contributed by atoms with E-state index in [0.29, 0.717) is 19.4 Å². The molecule has 0 spiro atoms. The minimum absolute atomic E-state index is 0.0561. The first kappa shape index (κ1) is 16.8. The van der Waals surface area contributed by atoms with Gasteiger partial charge in [-0.1, -0.05) is 30.3 Å². The Morgan fingerprint density at radius 1 is 1.12 bits per heavy atom. The molecule has 0 saturated carbocycles. The summed E-state index contributed by atoms with van der Waals surface area (Å²) >= 11 is 0. The van der Waals surface area contributed by atoms with Gasteiger partial charge < -0.3 is 19.8 Å². The summed E-state index contributed by atoms with van der Waals surface area (Å²) in [6.07, 6.45) is 1.22. The molecule has 1 aliphatic heterocycles. The van der Waals surface area contributed by atoms with Gasteiger partial charge in [-0.05, 0) is 30.5 Å². The van der Waals surface area contributed by atoms with Crippen molar-refractivity contribution in [1.29, 1.82) is 0 Å². The normalized spacial score (nSPS) is 16.6. The fourth-order valence-electron chi connectivity index (χ4n) is 2.94. The first-order valence-electron chi connectivity index (χ1n) is 8.10. The smallest absolute Gasteiger partial charge is 0.329 e. The highest BCUT2D eigenvalue weighted by Gasteiger charge is 2.36. The van der Waals surface area contributed by atoms with E-state index >= 15 is 0 Å². The lowest BCUT2D eigenvalue weighted by Crippen LogP contribution is -2.41. The molecule has 2 aromatic rings. The second-order valence-electron chi connectivity index (χ2n) is 5.95. The molecule has 1 aliphatic rings. The number of hydrogen-bond donors (Lipinski definition) is 2. The number of ether oxygens (including phenoxy) is 1. The minimum Gasteiger partial charge on any atom is -0.508 e.